The van der Waals surface area contributed by atoms with Crippen LogP contribution in [0.1, 0.15) is 19.8 Å². The molecule has 1 aromatic rings. The number of hydrogen-bond donors (Lipinski definition) is 1. The van der Waals surface area contributed by atoms with Crippen LogP contribution in [-0.2, 0) is 24.8 Å². The van der Waals surface area contributed by atoms with Gasteiger partial charge in [-0.3, -0.25) is 4.79 Å². The van der Waals surface area contributed by atoms with Gasteiger partial charge < -0.3 is 5.73 Å². The first-order valence-corrected chi connectivity index (χ1v) is 11.5. The molecule has 0 radical (unpaired) electrons. The second-order valence-corrected chi connectivity index (χ2v) is 10.2. The molecular weight excluding hydrogens is 414 g/mol. The zero-order chi connectivity index (χ0) is 19.3. The van der Waals surface area contributed by atoms with Crippen LogP contribution in [0.2, 0.25) is 0 Å². The minimum Gasteiger partial charge on any atom is -0.399 e. The molecule has 1 aromatic carbocycles. The number of nitrogen functional groups attached to an aromatic ring is 1. The Morgan fingerprint density at radius 2 is 1.89 bits per heavy atom. The molecule has 150 valence electrons. The summed E-state index contributed by atoms with van der Waals surface area (Å²) < 4.78 is 52.3. The molecular formula is C16H22ClN3O5S2. The van der Waals surface area contributed by atoms with E-state index in [1.165, 1.54) is 22.5 Å². The van der Waals surface area contributed by atoms with E-state index in [4.69, 9.17) is 5.73 Å². The van der Waals surface area contributed by atoms with Gasteiger partial charge in [-0.25, -0.2) is 21.1 Å². The Labute approximate surface area is 165 Å². The highest BCUT2D eigenvalue weighted by Crippen LogP contribution is 2.42. The van der Waals surface area contributed by atoms with E-state index in [9.17, 15) is 21.6 Å². The maximum absolute atomic E-state index is 13.1. The fourth-order valence-corrected chi connectivity index (χ4v) is 6.25. The lowest BCUT2D eigenvalue weighted by Crippen LogP contribution is -2.41. The molecule has 2 atom stereocenters. The van der Waals surface area contributed by atoms with Crippen LogP contribution in [0.4, 0.5) is 5.69 Å². The first kappa shape index (κ1) is 21.7. The van der Waals surface area contributed by atoms with E-state index in [1.54, 1.807) is 12.1 Å². The van der Waals surface area contributed by atoms with Crippen LogP contribution in [-0.4, -0.2) is 50.2 Å². The largest absolute Gasteiger partial charge is 0.399 e. The number of carbonyl (C=O) groups excluding carboxylic acids is 1. The van der Waals surface area contributed by atoms with Crippen molar-refractivity contribution in [2.24, 2.45) is 5.92 Å². The third-order valence-electron chi connectivity index (χ3n) is 4.62. The van der Waals surface area contributed by atoms with Gasteiger partial charge in [-0.15, -0.1) is 12.4 Å². The molecule has 2 aliphatic rings. The molecule has 2 aliphatic heterocycles. The van der Waals surface area contributed by atoms with Crippen molar-refractivity contribution in [2.75, 3.05) is 18.5 Å². The number of sulfonamides is 2. The molecule has 2 N–H and O–H groups in total. The number of nitrogens with two attached hydrogens (primary N) is 1. The molecule has 1 fully saturated rings. The quantitative estimate of drug-likeness (QED) is 0.693. The SMILES string of the molecule is CCC[C@H]1C(=O)N(S(C)(=O)=O)C2=CCN(S(=O)(=O)c3cccc(N)c3)[C@@H]21.Cl. The minimum absolute atomic E-state index is 0. The normalized spacial score (nSPS) is 23.1. The third-order valence-corrected chi connectivity index (χ3v) is 7.52. The maximum Gasteiger partial charge on any atom is 0.245 e. The Kier molecular flexibility index (Phi) is 5.96. The van der Waals surface area contributed by atoms with Gasteiger partial charge in [0.2, 0.25) is 26.0 Å². The summed E-state index contributed by atoms with van der Waals surface area (Å²) >= 11 is 0. The Morgan fingerprint density at radius 1 is 1.22 bits per heavy atom. The Morgan fingerprint density at radius 3 is 2.44 bits per heavy atom. The smallest absolute Gasteiger partial charge is 0.245 e. The van der Waals surface area contributed by atoms with Gasteiger partial charge in [0.1, 0.15) is 0 Å². The second-order valence-electron chi connectivity index (χ2n) is 6.48. The van der Waals surface area contributed by atoms with Crippen molar-refractivity contribution in [1.82, 2.24) is 8.61 Å². The molecule has 0 unspecified atom stereocenters. The minimum atomic E-state index is -3.93. The molecule has 0 bridgehead atoms. The van der Waals surface area contributed by atoms with Crippen molar-refractivity contribution in [3.63, 3.8) is 0 Å². The fraction of sp³-hybridized carbons (Fsp3) is 0.438. The predicted octanol–water partition coefficient (Wildman–Crippen LogP) is 1.17. The number of amides is 1. The van der Waals surface area contributed by atoms with Crippen LogP contribution in [0.25, 0.3) is 0 Å². The summed E-state index contributed by atoms with van der Waals surface area (Å²) in [7, 11) is -7.75. The molecule has 3 rings (SSSR count). The molecule has 11 heteroatoms. The van der Waals surface area contributed by atoms with Crippen molar-refractivity contribution in [3.05, 3.63) is 36.0 Å². The van der Waals surface area contributed by atoms with Gasteiger partial charge >= 0.3 is 0 Å². The lowest BCUT2D eigenvalue weighted by molar-refractivity contribution is -0.127. The number of benzene rings is 1. The van der Waals surface area contributed by atoms with Crippen LogP contribution < -0.4 is 5.73 Å². The summed E-state index contributed by atoms with van der Waals surface area (Å²) in [4.78, 5) is 12.7. The fourth-order valence-electron chi connectivity index (χ4n) is 3.59. The molecule has 0 aliphatic carbocycles. The molecule has 0 aromatic heterocycles. The van der Waals surface area contributed by atoms with E-state index in [1.807, 2.05) is 6.92 Å². The number of carbonyl (C=O) groups is 1. The van der Waals surface area contributed by atoms with Crippen LogP contribution in [0.15, 0.2) is 40.9 Å². The molecule has 0 saturated carbocycles. The van der Waals surface area contributed by atoms with E-state index in [-0.39, 0.29) is 29.5 Å². The third kappa shape index (κ3) is 3.58. The van der Waals surface area contributed by atoms with Crippen molar-refractivity contribution in [1.29, 1.82) is 0 Å². The number of halogens is 1. The van der Waals surface area contributed by atoms with E-state index in [2.05, 4.69) is 0 Å². The van der Waals surface area contributed by atoms with Crippen molar-refractivity contribution >= 4 is 44.0 Å². The van der Waals surface area contributed by atoms with Crippen molar-refractivity contribution < 1.29 is 21.6 Å². The first-order valence-electron chi connectivity index (χ1n) is 8.20. The highest BCUT2D eigenvalue weighted by molar-refractivity contribution is 7.89. The predicted molar refractivity (Wildman–Crippen MR) is 104 cm³/mol. The average Bonchev–Trinajstić information content (AvgIpc) is 3.06. The zero-order valence-corrected chi connectivity index (χ0v) is 17.4. The van der Waals surface area contributed by atoms with Crippen LogP contribution in [0.5, 0.6) is 0 Å². The monoisotopic (exact) mass is 435 g/mol. The van der Waals surface area contributed by atoms with Gasteiger partial charge in [0.15, 0.2) is 0 Å². The lowest BCUT2D eigenvalue weighted by Gasteiger charge is -2.26. The number of fused-ring (bicyclic) bond motifs is 1. The lowest BCUT2D eigenvalue weighted by atomic mass is 9.97. The van der Waals surface area contributed by atoms with E-state index < -0.39 is 37.9 Å². The van der Waals surface area contributed by atoms with Gasteiger partial charge in [0.05, 0.1) is 28.8 Å². The molecule has 2 heterocycles. The molecule has 8 nitrogen and oxygen atoms in total. The van der Waals surface area contributed by atoms with Gasteiger partial charge in [0.25, 0.3) is 0 Å². The topological polar surface area (TPSA) is 118 Å². The van der Waals surface area contributed by atoms with Crippen LogP contribution in [0.3, 0.4) is 0 Å². The van der Waals surface area contributed by atoms with E-state index in [0.29, 0.717) is 18.5 Å². The average molecular weight is 436 g/mol. The summed E-state index contributed by atoms with van der Waals surface area (Å²) in [5.41, 5.74) is 6.23. The van der Waals surface area contributed by atoms with Crippen molar-refractivity contribution in [3.8, 4) is 0 Å². The van der Waals surface area contributed by atoms with Crippen LogP contribution in [0, 0.1) is 5.92 Å². The van der Waals surface area contributed by atoms with Crippen molar-refractivity contribution in [2.45, 2.75) is 30.7 Å². The molecule has 0 spiro atoms. The molecule has 27 heavy (non-hydrogen) atoms. The van der Waals surface area contributed by atoms with Gasteiger partial charge in [-0.05, 0) is 30.7 Å². The number of nitrogens with zero attached hydrogens (tertiary/aromatic N) is 2. The molecule has 1 amide bonds. The standard InChI is InChI=1S/C16H21N3O5S2.ClH/c1-3-5-13-15-14(19(16(13)20)25(2,21)22)8-9-18(15)26(23,24)12-7-4-6-11(17)10-12;/h4,6-8,10,13,15H,3,5,9,17H2,1-2H3;1H/t13-,15-;/m1./s1. The summed E-state index contributed by atoms with van der Waals surface area (Å²) in [6, 6.07) is 5.09. The van der Waals surface area contributed by atoms with Crippen LogP contribution >= 0.6 is 12.4 Å². The van der Waals surface area contributed by atoms with Gasteiger partial charge in [-0.1, -0.05) is 19.4 Å². The van der Waals surface area contributed by atoms with Gasteiger partial charge in [0, 0.05) is 12.2 Å². The first-order chi connectivity index (χ1) is 12.1. The zero-order valence-electron chi connectivity index (χ0n) is 14.9. The Bertz CT molecular complexity index is 991. The maximum atomic E-state index is 13.1. The van der Waals surface area contributed by atoms with E-state index >= 15 is 0 Å². The molecule has 1 saturated heterocycles. The summed E-state index contributed by atoms with van der Waals surface area (Å²) in [5, 5.41) is 0. The summed E-state index contributed by atoms with van der Waals surface area (Å²) in [6.07, 6.45) is 3.48. The summed E-state index contributed by atoms with van der Waals surface area (Å²) in [5.74, 6) is -1.29. The Balaban J connectivity index is 0.00000261. The summed E-state index contributed by atoms with van der Waals surface area (Å²) in [6.45, 7) is 1.88. The number of rotatable bonds is 5. The second kappa shape index (κ2) is 7.42. The highest BCUT2D eigenvalue weighted by atomic mass is 35.5. The highest BCUT2D eigenvalue weighted by Gasteiger charge is 2.55. The van der Waals surface area contributed by atoms with E-state index in [0.717, 1.165) is 10.6 Å². The number of anilines is 1. The number of hydrogen-bond acceptors (Lipinski definition) is 6. The Hall–Kier alpha value is -1.62. The van der Waals surface area contributed by atoms with Gasteiger partial charge in [-0.2, -0.15) is 4.31 Å².